The molecule has 0 aliphatic carbocycles. The number of rotatable bonds is 5. The quantitative estimate of drug-likeness (QED) is 0.577. The number of carbonyl (C=O) groups is 1. The fourth-order valence-corrected chi connectivity index (χ4v) is 2.75. The minimum Gasteiger partial charge on any atom is -0.465 e. The van der Waals surface area contributed by atoms with Crippen molar-refractivity contribution in [3.63, 3.8) is 0 Å². The normalized spacial score (nSPS) is 11.3. The third-order valence-electron chi connectivity index (χ3n) is 2.53. The average Bonchev–Trinajstić information content (AvgIpc) is 2.98. The van der Waals surface area contributed by atoms with Gasteiger partial charge < -0.3 is 15.0 Å². The first-order chi connectivity index (χ1) is 9.94. The lowest BCUT2D eigenvalue weighted by molar-refractivity contribution is 0.0596. The topological polar surface area (TPSA) is 137 Å². The summed E-state index contributed by atoms with van der Waals surface area (Å²) in [6.07, 6.45) is 1.07. The minimum atomic E-state index is -4.00. The van der Waals surface area contributed by atoms with E-state index in [2.05, 4.69) is 24.1 Å². The number of carbonyl (C=O) groups excluding carboxylic acids is 1. The molecule has 0 amide bonds. The summed E-state index contributed by atoms with van der Waals surface area (Å²) in [4.78, 5) is 15.0. The Hall–Kier alpha value is -2.46. The molecule has 0 unspecified atom stereocenters. The first kappa shape index (κ1) is 14.9. The molecule has 112 valence electrons. The van der Waals surface area contributed by atoms with Gasteiger partial charge in [-0.2, -0.15) is 4.98 Å². The van der Waals surface area contributed by atoms with Crippen molar-refractivity contribution in [3.8, 4) is 0 Å². The van der Waals surface area contributed by atoms with Gasteiger partial charge in [0.05, 0.1) is 24.1 Å². The highest BCUT2D eigenvalue weighted by molar-refractivity contribution is 7.89. The molecule has 0 aliphatic rings. The number of aromatic nitrogens is 2. The van der Waals surface area contributed by atoms with Crippen molar-refractivity contribution >= 4 is 21.7 Å². The number of anilines is 1. The lowest BCUT2D eigenvalue weighted by atomic mass is 10.2. The smallest absolute Gasteiger partial charge is 0.339 e. The fraction of sp³-hybridized carbons (Fsp3) is 0.182. The van der Waals surface area contributed by atoms with Crippen molar-refractivity contribution in [1.82, 2.24) is 14.9 Å². The summed E-state index contributed by atoms with van der Waals surface area (Å²) in [5.41, 5.74) is 5.65. The second-order valence-corrected chi connectivity index (χ2v) is 5.65. The maximum atomic E-state index is 12.3. The van der Waals surface area contributed by atoms with Crippen LogP contribution in [0, 0.1) is 0 Å². The van der Waals surface area contributed by atoms with Gasteiger partial charge in [0.2, 0.25) is 16.4 Å². The molecule has 9 nitrogen and oxygen atoms in total. The van der Waals surface area contributed by atoms with Crippen LogP contribution in [0.5, 0.6) is 0 Å². The van der Waals surface area contributed by atoms with Crippen molar-refractivity contribution in [1.29, 1.82) is 0 Å². The molecule has 1 heterocycles. The zero-order valence-electron chi connectivity index (χ0n) is 10.9. The van der Waals surface area contributed by atoms with E-state index >= 15 is 0 Å². The maximum Gasteiger partial charge on any atom is 0.339 e. The first-order valence-electron chi connectivity index (χ1n) is 5.67. The number of hydrogen-bond acceptors (Lipinski definition) is 8. The van der Waals surface area contributed by atoms with Gasteiger partial charge in [0.15, 0.2) is 5.82 Å². The Morgan fingerprint density at radius 3 is 2.86 bits per heavy atom. The highest BCUT2D eigenvalue weighted by atomic mass is 32.2. The van der Waals surface area contributed by atoms with E-state index < -0.39 is 16.0 Å². The Labute approximate surface area is 120 Å². The summed E-state index contributed by atoms with van der Waals surface area (Å²) in [7, 11) is -2.84. The van der Waals surface area contributed by atoms with Crippen molar-refractivity contribution in [2.75, 3.05) is 12.8 Å². The molecule has 0 saturated carbocycles. The fourth-order valence-electron chi connectivity index (χ4n) is 1.55. The molecule has 0 aliphatic heterocycles. The number of nitrogen functional groups attached to an aromatic ring is 1. The van der Waals surface area contributed by atoms with Crippen LogP contribution in [0.15, 0.2) is 34.0 Å². The van der Waals surface area contributed by atoms with Crippen molar-refractivity contribution in [2.24, 2.45) is 0 Å². The third-order valence-corrected chi connectivity index (χ3v) is 3.97. The highest BCUT2D eigenvalue weighted by Gasteiger charge is 2.23. The molecular weight excluding hydrogens is 300 g/mol. The summed E-state index contributed by atoms with van der Waals surface area (Å²) >= 11 is 0. The molecule has 1 aromatic heterocycles. The van der Waals surface area contributed by atoms with Crippen LogP contribution in [-0.2, 0) is 21.3 Å². The van der Waals surface area contributed by atoms with Crippen LogP contribution in [0.4, 0.5) is 5.69 Å². The molecule has 0 atom stereocenters. The minimum absolute atomic E-state index is 0.118. The zero-order chi connectivity index (χ0) is 15.5. The van der Waals surface area contributed by atoms with Gasteiger partial charge in [0.1, 0.15) is 0 Å². The highest BCUT2D eigenvalue weighted by Crippen LogP contribution is 2.20. The van der Waals surface area contributed by atoms with Crippen LogP contribution in [0.2, 0.25) is 0 Å². The summed E-state index contributed by atoms with van der Waals surface area (Å²) in [6, 6.07) is 3.86. The predicted octanol–water partition coefficient (Wildman–Crippen LogP) is -0.0831. The van der Waals surface area contributed by atoms with E-state index in [9.17, 15) is 13.2 Å². The maximum absolute atomic E-state index is 12.3. The molecule has 10 heteroatoms. The van der Waals surface area contributed by atoms with E-state index in [1.54, 1.807) is 0 Å². The number of benzene rings is 1. The van der Waals surface area contributed by atoms with E-state index in [0.717, 1.165) is 13.5 Å². The number of methoxy groups -OCH3 is 1. The molecule has 21 heavy (non-hydrogen) atoms. The molecule has 0 radical (unpaired) electrons. The van der Waals surface area contributed by atoms with Gasteiger partial charge in [-0.3, -0.25) is 0 Å². The van der Waals surface area contributed by atoms with Crippen molar-refractivity contribution in [2.45, 2.75) is 11.4 Å². The monoisotopic (exact) mass is 312 g/mol. The van der Waals surface area contributed by atoms with Gasteiger partial charge in [-0.25, -0.2) is 17.9 Å². The number of nitrogens with one attached hydrogen (secondary N) is 1. The third kappa shape index (κ3) is 3.35. The largest absolute Gasteiger partial charge is 0.465 e. The summed E-state index contributed by atoms with van der Waals surface area (Å²) in [6.45, 7) is -0.186. The van der Waals surface area contributed by atoms with Crippen LogP contribution in [-0.4, -0.2) is 31.6 Å². The van der Waals surface area contributed by atoms with E-state index in [1.165, 1.54) is 18.2 Å². The van der Waals surface area contributed by atoms with E-state index in [0.29, 0.717) is 0 Å². The Bertz CT molecular complexity index is 742. The zero-order valence-corrected chi connectivity index (χ0v) is 11.8. The number of nitrogens with zero attached hydrogens (tertiary/aromatic N) is 2. The molecule has 1 aromatic carbocycles. The molecule has 3 N–H and O–H groups in total. The molecule has 2 rings (SSSR count). The predicted molar refractivity (Wildman–Crippen MR) is 70.5 cm³/mol. The molecule has 0 spiro atoms. The van der Waals surface area contributed by atoms with Gasteiger partial charge in [-0.1, -0.05) is 5.16 Å². The second kappa shape index (κ2) is 5.89. The van der Waals surface area contributed by atoms with Gasteiger partial charge >= 0.3 is 5.97 Å². The van der Waals surface area contributed by atoms with Gasteiger partial charge in [-0.05, 0) is 18.2 Å². The Balaban J connectivity index is 2.34. The molecule has 0 fully saturated rings. The lowest BCUT2D eigenvalue weighted by Gasteiger charge is -2.10. The van der Waals surface area contributed by atoms with Crippen molar-refractivity contribution < 1.29 is 22.5 Å². The number of sulfonamides is 1. The average molecular weight is 312 g/mol. The standard InChI is InChI=1S/C11H12N4O5S/c1-19-11(16)8-3-2-7(12)4-9(8)21(17,18)14-5-10-13-6-20-15-10/h2-4,6,14H,5,12H2,1H3. The molecule has 0 bridgehead atoms. The SMILES string of the molecule is COC(=O)c1ccc(N)cc1S(=O)(=O)NCc1ncon1. The molecular formula is C11H12N4O5S. The van der Waals surface area contributed by atoms with Crippen LogP contribution in [0.25, 0.3) is 0 Å². The van der Waals surface area contributed by atoms with Crippen LogP contribution >= 0.6 is 0 Å². The number of esters is 1. The number of hydrogen-bond donors (Lipinski definition) is 2. The van der Waals surface area contributed by atoms with Gasteiger partial charge in [0, 0.05) is 5.69 Å². The lowest BCUT2D eigenvalue weighted by Crippen LogP contribution is -2.26. The Morgan fingerprint density at radius 2 is 2.24 bits per heavy atom. The van der Waals surface area contributed by atoms with Gasteiger partial charge in [-0.15, -0.1) is 0 Å². The molecule has 0 saturated heterocycles. The number of ether oxygens (including phenoxy) is 1. The van der Waals surface area contributed by atoms with Gasteiger partial charge in [0.25, 0.3) is 0 Å². The molecule has 2 aromatic rings. The van der Waals surface area contributed by atoms with E-state index in [-0.39, 0.29) is 28.5 Å². The summed E-state index contributed by atoms with van der Waals surface area (Å²) in [5.74, 6) is -0.628. The van der Waals surface area contributed by atoms with Crippen LogP contribution in [0.3, 0.4) is 0 Å². The van der Waals surface area contributed by atoms with E-state index in [4.69, 9.17) is 5.73 Å². The summed E-state index contributed by atoms with van der Waals surface area (Å²) < 4.78 is 35.8. The Kier molecular flexibility index (Phi) is 4.19. The van der Waals surface area contributed by atoms with Crippen LogP contribution in [0.1, 0.15) is 16.2 Å². The van der Waals surface area contributed by atoms with Crippen LogP contribution < -0.4 is 10.5 Å². The Morgan fingerprint density at radius 1 is 1.48 bits per heavy atom. The second-order valence-electron chi connectivity index (χ2n) is 3.92. The van der Waals surface area contributed by atoms with E-state index in [1.807, 2.05) is 0 Å². The number of nitrogens with two attached hydrogens (primary N) is 1. The summed E-state index contributed by atoms with van der Waals surface area (Å²) in [5, 5.41) is 3.47. The first-order valence-corrected chi connectivity index (χ1v) is 7.15. The van der Waals surface area contributed by atoms with Crippen molar-refractivity contribution in [3.05, 3.63) is 36.0 Å².